The van der Waals surface area contributed by atoms with Crippen molar-refractivity contribution in [1.29, 1.82) is 0 Å². The van der Waals surface area contributed by atoms with E-state index in [1.54, 1.807) is 12.1 Å². The van der Waals surface area contributed by atoms with Crippen LogP contribution in [0.2, 0.25) is 5.02 Å². The fraction of sp³-hybridized carbons (Fsp3) is 0.333. The summed E-state index contributed by atoms with van der Waals surface area (Å²) in [7, 11) is 0. The van der Waals surface area contributed by atoms with E-state index in [4.69, 9.17) is 17.3 Å². The van der Waals surface area contributed by atoms with E-state index in [9.17, 15) is 10.1 Å². The molecule has 0 aliphatic rings. The van der Waals surface area contributed by atoms with Gasteiger partial charge >= 0.3 is 0 Å². The Hall–Kier alpha value is -2.07. The molecule has 1 unspecified atom stereocenters. The van der Waals surface area contributed by atoms with Crippen LogP contribution < -0.4 is 5.73 Å². The molecule has 0 saturated carbocycles. The van der Waals surface area contributed by atoms with Crippen molar-refractivity contribution in [2.45, 2.75) is 39.0 Å². The molecule has 1 atom stereocenters. The van der Waals surface area contributed by atoms with Gasteiger partial charge in [0.1, 0.15) is 5.69 Å². The molecular weight excluding hydrogens is 312 g/mol. The summed E-state index contributed by atoms with van der Waals surface area (Å²) < 4.78 is 0. The Kier molecular flexibility index (Phi) is 4.66. The zero-order valence-corrected chi connectivity index (χ0v) is 14.5. The molecule has 0 amide bonds. The first-order chi connectivity index (χ1) is 10.6. The van der Waals surface area contributed by atoms with Gasteiger partial charge in [0.05, 0.1) is 4.92 Å². The van der Waals surface area contributed by atoms with E-state index in [1.165, 1.54) is 0 Å². The van der Waals surface area contributed by atoms with Crippen LogP contribution in [0, 0.1) is 10.1 Å². The summed E-state index contributed by atoms with van der Waals surface area (Å²) in [6.07, 6.45) is 0. The Labute approximate surface area is 141 Å². The largest absolute Gasteiger partial charge is 0.393 e. The van der Waals surface area contributed by atoms with Gasteiger partial charge in [-0.3, -0.25) is 10.1 Å². The van der Waals surface area contributed by atoms with Crippen molar-refractivity contribution in [2.24, 2.45) is 0 Å². The van der Waals surface area contributed by atoms with Crippen molar-refractivity contribution >= 4 is 23.0 Å². The molecule has 2 rings (SSSR count). The van der Waals surface area contributed by atoms with Crippen molar-refractivity contribution in [3.8, 4) is 0 Å². The number of rotatable bonds is 3. The predicted molar refractivity (Wildman–Crippen MR) is 95.2 cm³/mol. The van der Waals surface area contributed by atoms with Gasteiger partial charge in [0.2, 0.25) is 0 Å². The van der Waals surface area contributed by atoms with E-state index in [0.717, 1.165) is 16.7 Å². The second-order valence-corrected chi connectivity index (χ2v) is 7.22. The van der Waals surface area contributed by atoms with Crippen LogP contribution in [0.4, 0.5) is 11.4 Å². The molecule has 5 heteroatoms. The van der Waals surface area contributed by atoms with E-state index < -0.39 is 4.92 Å². The lowest BCUT2D eigenvalue weighted by atomic mass is 9.82. The molecule has 0 fully saturated rings. The first-order valence-electron chi connectivity index (χ1n) is 7.45. The standard InChI is InChI=1S/C18H21ClN2O2/c1-11(12-6-5-7-14(19)8-12)15-9-13(18(2,3)4)10-16(17(15)20)21(22)23/h5-11H,20H2,1-4H3. The molecule has 0 aliphatic heterocycles. The lowest BCUT2D eigenvalue weighted by molar-refractivity contribution is -0.384. The van der Waals surface area contributed by atoms with Gasteiger partial charge in [-0.25, -0.2) is 0 Å². The van der Waals surface area contributed by atoms with Crippen LogP contribution in [-0.4, -0.2) is 4.92 Å². The Morgan fingerprint density at radius 2 is 1.87 bits per heavy atom. The quantitative estimate of drug-likeness (QED) is 0.472. The minimum atomic E-state index is -0.418. The molecule has 0 radical (unpaired) electrons. The van der Waals surface area contributed by atoms with E-state index in [0.29, 0.717) is 5.02 Å². The molecule has 0 saturated heterocycles. The van der Waals surface area contributed by atoms with Gasteiger partial charge in [-0.05, 0) is 34.2 Å². The van der Waals surface area contributed by atoms with Gasteiger partial charge in [-0.15, -0.1) is 0 Å². The zero-order valence-electron chi connectivity index (χ0n) is 13.8. The first-order valence-corrected chi connectivity index (χ1v) is 7.83. The highest BCUT2D eigenvalue weighted by molar-refractivity contribution is 6.30. The van der Waals surface area contributed by atoms with Crippen LogP contribution in [-0.2, 0) is 5.41 Å². The minimum absolute atomic E-state index is 0.0405. The van der Waals surface area contributed by atoms with Gasteiger partial charge in [0.25, 0.3) is 5.69 Å². The Balaban J connectivity index is 2.65. The van der Waals surface area contributed by atoms with E-state index in [1.807, 2.05) is 52.0 Å². The molecule has 122 valence electrons. The fourth-order valence-electron chi connectivity index (χ4n) is 2.56. The maximum atomic E-state index is 11.4. The monoisotopic (exact) mass is 332 g/mol. The van der Waals surface area contributed by atoms with Crippen LogP contribution in [0.1, 0.15) is 50.3 Å². The number of hydrogen-bond donors (Lipinski definition) is 1. The number of nitrogens with zero attached hydrogens (tertiary/aromatic N) is 1. The van der Waals surface area contributed by atoms with Crippen molar-refractivity contribution < 1.29 is 4.92 Å². The summed E-state index contributed by atoms with van der Waals surface area (Å²) in [6, 6.07) is 11.0. The number of benzene rings is 2. The number of nitrogens with two attached hydrogens (primary N) is 1. The lowest BCUT2D eigenvalue weighted by Gasteiger charge is -2.23. The topological polar surface area (TPSA) is 69.2 Å². The van der Waals surface area contributed by atoms with Crippen LogP contribution in [0.5, 0.6) is 0 Å². The minimum Gasteiger partial charge on any atom is -0.393 e. The highest BCUT2D eigenvalue weighted by Gasteiger charge is 2.25. The van der Waals surface area contributed by atoms with Gasteiger partial charge in [-0.1, -0.05) is 57.5 Å². The molecule has 4 nitrogen and oxygen atoms in total. The van der Waals surface area contributed by atoms with Crippen LogP contribution in [0.15, 0.2) is 36.4 Å². The summed E-state index contributed by atoms with van der Waals surface area (Å²) in [5.74, 6) is -0.0882. The Morgan fingerprint density at radius 1 is 1.22 bits per heavy atom. The maximum Gasteiger partial charge on any atom is 0.292 e. The molecule has 2 aromatic carbocycles. The van der Waals surface area contributed by atoms with Crippen molar-refractivity contribution in [1.82, 2.24) is 0 Å². The second-order valence-electron chi connectivity index (χ2n) is 6.78. The number of halogens is 1. The molecule has 2 N–H and O–H groups in total. The molecule has 0 spiro atoms. The number of anilines is 1. The number of nitro groups is 1. The first kappa shape index (κ1) is 17.3. The second kappa shape index (κ2) is 6.20. The SMILES string of the molecule is CC(c1cccc(Cl)c1)c1cc(C(C)(C)C)cc([N+](=O)[O-])c1N. The van der Waals surface area contributed by atoms with Gasteiger partial charge in [0, 0.05) is 17.0 Å². The Morgan fingerprint density at radius 3 is 2.39 bits per heavy atom. The molecule has 2 aromatic rings. The number of nitro benzene ring substituents is 1. The van der Waals surface area contributed by atoms with Crippen LogP contribution in [0.3, 0.4) is 0 Å². The molecule has 0 aliphatic carbocycles. The highest BCUT2D eigenvalue weighted by Crippen LogP contribution is 2.38. The fourth-order valence-corrected chi connectivity index (χ4v) is 2.76. The van der Waals surface area contributed by atoms with E-state index >= 15 is 0 Å². The van der Waals surface area contributed by atoms with Crippen LogP contribution >= 0.6 is 11.6 Å². The predicted octanol–water partition coefficient (Wildman–Crippen LogP) is 5.28. The van der Waals surface area contributed by atoms with Crippen molar-refractivity contribution in [3.63, 3.8) is 0 Å². The van der Waals surface area contributed by atoms with Gasteiger partial charge in [-0.2, -0.15) is 0 Å². The number of nitrogen functional groups attached to an aromatic ring is 1. The van der Waals surface area contributed by atoms with Gasteiger partial charge < -0.3 is 5.73 Å². The summed E-state index contributed by atoms with van der Waals surface area (Å²) in [4.78, 5) is 11.0. The molecule has 23 heavy (non-hydrogen) atoms. The zero-order chi connectivity index (χ0) is 17.4. The van der Waals surface area contributed by atoms with Crippen LogP contribution in [0.25, 0.3) is 0 Å². The van der Waals surface area contributed by atoms with E-state index in [2.05, 4.69) is 0 Å². The number of hydrogen-bond acceptors (Lipinski definition) is 3. The third-order valence-corrected chi connectivity index (χ3v) is 4.30. The molecule has 0 bridgehead atoms. The average Bonchev–Trinajstić information content (AvgIpc) is 2.45. The Bertz CT molecular complexity index is 751. The van der Waals surface area contributed by atoms with Gasteiger partial charge in [0.15, 0.2) is 0 Å². The molecule has 0 aromatic heterocycles. The molecular formula is C18H21ClN2O2. The third-order valence-electron chi connectivity index (χ3n) is 4.07. The summed E-state index contributed by atoms with van der Waals surface area (Å²) in [5.41, 5.74) is 8.69. The maximum absolute atomic E-state index is 11.4. The highest BCUT2D eigenvalue weighted by atomic mass is 35.5. The summed E-state index contributed by atoms with van der Waals surface area (Å²) in [5, 5.41) is 12.0. The smallest absolute Gasteiger partial charge is 0.292 e. The van der Waals surface area contributed by atoms with Crippen molar-refractivity contribution in [3.05, 3.63) is 68.2 Å². The third kappa shape index (κ3) is 3.64. The van der Waals surface area contributed by atoms with Crippen molar-refractivity contribution in [2.75, 3.05) is 5.73 Å². The van der Waals surface area contributed by atoms with E-state index in [-0.39, 0.29) is 22.7 Å². The molecule has 0 heterocycles. The lowest BCUT2D eigenvalue weighted by Crippen LogP contribution is -2.14. The summed E-state index contributed by atoms with van der Waals surface area (Å²) in [6.45, 7) is 8.05. The normalized spacial score (nSPS) is 12.9. The summed E-state index contributed by atoms with van der Waals surface area (Å²) >= 11 is 6.06. The average molecular weight is 333 g/mol.